The predicted octanol–water partition coefficient (Wildman–Crippen LogP) is -3.64. The molecule has 0 radical (unpaired) electrons. The molecular formula is C12H22N2O8. The van der Waals surface area contributed by atoms with E-state index in [4.69, 9.17) is 9.84 Å². The van der Waals surface area contributed by atoms with Gasteiger partial charge in [0, 0.05) is 19.9 Å². The van der Waals surface area contributed by atoms with Crippen molar-refractivity contribution in [2.75, 3.05) is 13.6 Å². The molecule has 1 heterocycles. The zero-order chi connectivity index (χ0) is 17.1. The maximum absolute atomic E-state index is 11.2. The van der Waals surface area contributed by atoms with Gasteiger partial charge in [-0.2, -0.15) is 0 Å². The summed E-state index contributed by atoms with van der Waals surface area (Å²) in [4.78, 5) is 22.3. The van der Waals surface area contributed by atoms with Gasteiger partial charge in [0.1, 0.15) is 12.2 Å². The summed E-state index contributed by atoms with van der Waals surface area (Å²) in [5, 5.41) is 53.7. The van der Waals surface area contributed by atoms with Crippen LogP contribution in [0.2, 0.25) is 0 Å². The zero-order valence-electron chi connectivity index (χ0n) is 12.3. The molecule has 10 nitrogen and oxygen atoms in total. The van der Waals surface area contributed by atoms with Gasteiger partial charge >= 0.3 is 5.97 Å². The summed E-state index contributed by atoms with van der Waals surface area (Å²) >= 11 is 0. The molecule has 0 aliphatic carbocycles. The minimum Gasteiger partial charge on any atom is -0.477 e. The van der Waals surface area contributed by atoms with Gasteiger partial charge in [-0.15, -0.1) is 0 Å². The standard InChI is InChI=1S/C12H22N2O8/c1-5(15)14-8-6(16)3-12(21,11(19)20)22-10(8)9(18)7(17)4-13-2/h6-10,13,16-18,21H,3-4H2,1-2H3,(H,14,15)(H,19,20)/t6-,7-,8-,9?,10?,12-/m1/s1. The topological polar surface area (TPSA) is 169 Å². The Morgan fingerprint density at radius 3 is 2.45 bits per heavy atom. The Morgan fingerprint density at radius 1 is 1.41 bits per heavy atom. The average Bonchev–Trinajstić information content (AvgIpc) is 2.40. The zero-order valence-corrected chi connectivity index (χ0v) is 12.3. The van der Waals surface area contributed by atoms with E-state index in [0.29, 0.717) is 0 Å². The number of aliphatic carboxylic acids is 1. The van der Waals surface area contributed by atoms with E-state index in [1.54, 1.807) is 0 Å². The maximum atomic E-state index is 11.2. The molecule has 0 aromatic heterocycles. The fourth-order valence-electron chi connectivity index (χ4n) is 2.36. The molecule has 128 valence electrons. The molecule has 6 atom stereocenters. The summed E-state index contributed by atoms with van der Waals surface area (Å²) < 4.78 is 4.99. The van der Waals surface area contributed by atoms with Crippen molar-refractivity contribution in [3.05, 3.63) is 0 Å². The van der Waals surface area contributed by atoms with Crippen molar-refractivity contribution in [2.24, 2.45) is 0 Å². The van der Waals surface area contributed by atoms with Crippen molar-refractivity contribution >= 4 is 11.9 Å². The highest BCUT2D eigenvalue weighted by Crippen LogP contribution is 2.30. The largest absolute Gasteiger partial charge is 0.477 e. The molecule has 0 spiro atoms. The minimum absolute atomic E-state index is 0.0462. The van der Waals surface area contributed by atoms with Gasteiger partial charge < -0.3 is 40.9 Å². The first-order valence-electron chi connectivity index (χ1n) is 6.72. The Morgan fingerprint density at radius 2 is 2.00 bits per heavy atom. The maximum Gasteiger partial charge on any atom is 0.364 e. The smallest absolute Gasteiger partial charge is 0.364 e. The lowest BCUT2D eigenvalue weighted by Gasteiger charge is -2.44. The summed E-state index contributed by atoms with van der Waals surface area (Å²) in [5.41, 5.74) is 0. The number of likely N-dealkylation sites (N-methyl/N-ethyl adjacent to an activating group) is 1. The number of carboxylic acid groups (broad SMARTS) is 1. The fraction of sp³-hybridized carbons (Fsp3) is 0.833. The summed E-state index contributed by atoms with van der Waals surface area (Å²) in [7, 11) is 1.52. The highest BCUT2D eigenvalue weighted by atomic mass is 16.7. The minimum atomic E-state index is -2.72. The molecule has 1 fully saturated rings. The molecule has 0 bridgehead atoms. The molecule has 0 aromatic carbocycles. The molecule has 2 unspecified atom stereocenters. The summed E-state index contributed by atoms with van der Waals surface area (Å²) in [5.74, 6) is -5.01. The van der Waals surface area contributed by atoms with Gasteiger partial charge in [-0.25, -0.2) is 4.79 Å². The Kier molecular flexibility index (Phi) is 6.23. The summed E-state index contributed by atoms with van der Waals surface area (Å²) in [6.07, 6.45) is -6.71. The third-order valence-corrected chi connectivity index (χ3v) is 3.43. The quantitative estimate of drug-likeness (QED) is 0.261. The van der Waals surface area contributed by atoms with E-state index >= 15 is 0 Å². The molecule has 1 amide bonds. The Bertz CT molecular complexity index is 420. The van der Waals surface area contributed by atoms with Gasteiger partial charge in [-0.3, -0.25) is 4.79 Å². The lowest BCUT2D eigenvalue weighted by molar-refractivity contribution is -0.294. The number of aliphatic hydroxyl groups is 4. The molecule has 10 heteroatoms. The summed E-state index contributed by atoms with van der Waals surface area (Å²) in [6.45, 7) is 1.12. The van der Waals surface area contributed by atoms with Crippen LogP contribution in [0.15, 0.2) is 0 Å². The van der Waals surface area contributed by atoms with Crippen LogP contribution in [0, 0.1) is 0 Å². The van der Waals surface area contributed by atoms with E-state index in [1.165, 1.54) is 7.05 Å². The van der Waals surface area contributed by atoms with Crippen LogP contribution in [0.25, 0.3) is 0 Å². The van der Waals surface area contributed by atoms with E-state index in [2.05, 4.69) is 10.6 Å². The third kappa shape index (κ3) is 4.12. The van der Waals surface area contributed by atoms with Crippen LogP contribution in [0.4, 0.5) is 0 Å². The van der Waals surface area contributed by atoms with Crippen LogP contribution in [0.1, 0.15) is 13.3 Å². The molecule has 1 rings (SSSR count). The SMILES string of the molecule is CNC[C@@H](O)C(O)C1O[C@@](O)(C(=O)O)C[C@@H](O)[C@H]1NC(C)=O. The van der Waals surface area contributed by atoms with Crippen molar-refractivity contribution in [3.63, 3.8) is 0 Å². The first kappa shape index (κ1) is 18.7. The third-order valence-electron chi connectivity index (χ3n) is 3.43. The van der Waals surface area contributed by atoms with E-state index in [-0.39, 0.29) is 6.54 Å². The fourth-order valence-corrected chi connectivity index (χ4v) is 2.36. The second-order valence-corrected chi connectivity index (χ2v) is 5.29. The number of hydrogen-bond donors (Lipinski definition) is 7. The van der Waals surface area contributed by atoms with Gasteiger partial charge in [0.15, 0.2) is 0 Å². The predicted molar refractivity (Wildman–Crippen MR) is 71.6 cm³/mol. The van der Waals surface area contributed by atoms with Crippen molar-refractivity contribution in [2.45, 2.75) is 49.6 Å². The first-order chi connectivity index (χ1) is 10.1. The van der Waals surface area contributed by atoms with Crippen LogP contribution >= 0.6 is 0 Å². The number of carbonyl (C=O) groups excluding carboxylic acids is 1. The summed E-state index contributed by atoms with van der Waals surface area (Å²) in [6, 6.07) is -1.18. The highest BCUT2D eigenvalue weighted by molar-refractivity contribution is 5.76. The molecule has 1 saturated heterocycles. The number of aliphatic hydroxyl groups excluding tert-OH is 3. The molecule has 22 heavy (non-hydrogen) atoms. The second kappa shape index (κ2) is 7.31. The number of carbonyl (C=O) groups is 2. The van der Waals surface area contributed by atoms with Crippen LogP contribution in [0.5, 0.6) is 0 Å². The molecule has 0 saturated carbocycles. The second-order valence-electron chi connectivity index (χ2n) is 5.29. The Labute approximate surface area is 126 Å². The Balaban J connectivity index is 3.05. The highest BCUT2D eigenvalue weighted by Gasteiger charge is 2.53. The van der Waals surface area contributed by atoms with Gasteiger partial charge in [0.2, 0.25) is 5.91 Å². The number of carboxylic acids is 1. The first-order valence-corrected chi connectivity index (χ1v) is 6.72. The van der Waals surface area contributed by atoms with Crippen molar-refractivity contribution in [1.29, 1.82) is 0 Å². The number of rotatable bonds is 6. The van der Waals surface area contributed by atoms with Crippen LogP contribution in [-0.2, 0) is 14.3 Å². The molecule has 1 aliphatic heterocycles. The molecule has 0 aromatic rings. The van der Waals surface area contributed by atoms with Gasteiger partial charge in [-0.05, 0) is 7.05 Å². The number of ether oxygens (including phenoxy) is 1. The van der Waals surface area contributed by atoms with Crippen molar-refractivity contribution in [3.8, 4) is 0 Å². The van der Waals surface area contributed by atoms with Crippen LogP contribution in [0.3, 0.4) is 0 Å². The van der Waals surface area contributed by atoms with Crippen molar-refractivity contribution in [1.82, 2.24) is 10.6 Å². The molecular weight excluding hydrogens is 300 g/mol. The number of amides is 1. The molecule has 7 N–H and O–H groups in total. The van der Waals surface area contributed by atoms with Crippen LogP contribution in [-0.4, -0.2) is 87.2 Å². The van der Waals surface area contributed by atoms with Gasteiger partial charge in [0.25, 0.3) is 5.79 Å². The van der Waals surface area contributed by atoms with E-state index in [1.807, 2.05) is 0 Å². The number of nitrogens with one attached hydrogen (secondary N) is 2. The van der Waals surface area contributed by atoms with Gasteiger partial charge in [-0.1, -0.05) is 0 Å². The monoisotopic (exact) mass is 322 g/mol. The lowest BCUT2D eigenvalue weighted by atomic mass is 9.88. The van der Waals surface area contributed by atoms with Gasteiger partial charge in [0.05, 0.1) is 18.2 Å². The van der Waals surface area contributed by atoms with Crippen LogP contribution < -0.4 is 10.6 Å². The van der Waals surface area contributed by atoms with E-state index in [9.17, 15) is 30.0 Å². The number of hydrogen-bond acceptors (Lipinski definition) is 8. The Hall–Kier alpha value is -1.30. The van der Waals surface area contributed by atoms with E-state index in [0.717, 1.165) is 6.92 Å². The van der Waals surface area contributed by atoms with E-state index < -0.39 is 54.5 Å². The average molecular weight is 322 g/mol. The molecule has 1 aliphatic rings. The van der Waals surface area contributed by atoms with Crippen molar-refractivity contribution < 1.29 is 39.9 Å². The lowest BCUT2D eigenvalue weighted by Crippen LogP contribution is -2.67. The normalized spacial score (nSPS) is 34.7.